The van der Waals surface area contributed by atoms with Crippen molar-refractivity contribution in [3.05, 3.63) is 55.5 Å². The maximum absolute atomic E-state index is 5.98. The van der Waals surface area contributed by atoms with E-state index in [9.17, 15) is 0 Å². The summed E-state index contributed by atoms with van der Waals surface area (Å²) in [6.07, 6.45) is 2.11. The third-order valence-corrected chi connectivity index (χ3v) is 6.25. The van der Waals surface area contributed by atoms with Crippen LogP contribution in [0.5, 0.6) is 11.5 Å². The molecule has 0 aliphatic carbocycles. The van der Waals surface area contributed by atoms with Gasteiger partial charge < -0.3 is 9.47 Å². The first kappa shape index (κ1) is 16.5. The van der Waals surface area contributed by atoms with E-state index >= 15 is 0 Å². The van der Waals surface area contributed by atoms with Crippen LogP contribution >= 0.6 is 31.9 Å². The third-order valence-electron chi connectivity index (χ3n) is 5.07. The van der Waals surface area contributed by atoms with Crippen LogP contribution in [0.4, 0.5) is 0 Å². The van der Waals surface area contributed by atoms with Gasteiger partial charge in [0.2, 0.25) is 0 Å². The molecule has 2 aromatic rings. The molecule has 0 spiro atoms. The van der Waals surface area contributed by atoms with E-state index in [-0.39, 0.29) is 0 Å². The Labute approximate surface area is 159 Å². The van der Waals surface area contributed by atoms with Gasteiger partial charge >= 0.3 is 0 Å². The highest BCUT2D eigenvalue weighted by Crippen LogP contribution is 2.51. The molecular weight excluding hydrogens is 432 g/mol. The minimum atomic E-state index is 0.473. The van der Waals surface area contributed by atoms with Gasteiger partial charge in [-0.2, -0.15) is 0 Å². The fourth-order valence-electron chi connectivity index (χ4n) is 4.09. The van der Waals surface area contributed by atoms with E-state index in [1.54, 1.807) is 0 Å². The fraction of sp³-hybridized carbons (Fsp3) is 0.400. The molecule has 2 aliphatic rings. The average Bonchev–Trinajstić information content (AvgIpc) is 2.54. The van der Waals surface area contributed by atoms with E-state index in [1.807, 2.05) is 0 Å². The van der Waals surface area contributed by atoms with Crippen LogP contribution < -0.4 is 9.47 Å². The monoisotopic (exact) mass is 450 g/mol. The van der Waals surface area contributed by atoms with E-state index in [1.165, 1.54) is 22.3 Å². The summed E-state index contributed by atoms with van der Waals surface area (Å²) < 4.78 is 14.1. The zero-order chi connectivity index (χ0) is 16.8. The molecule has 4 heteroatoms. The second kappa shape index (κ2) is 6.38. The van der Waals surface area contributed by atoms with Crippen LogP contribution in [0, 0.1) is 13.8 Å². The van der Waals surface area contributed by atoms with Crippen LogP contribution in [0.15, 0.2) is 33.2 Å². The van der Waals surface area contributed by atoms with Gasteiger partial charge in [0.25, 0.3) is 0 Å². The Bertz CT molecular complexity index is 733. The molecule has 0 saturated heterocycles. The van der Waals surface area contributed by atoms with Crippen molar-refractivity contribution in [1.82, 2.24) is 0 Å². The van der Waals surface area contributed by atoms with Crippen molar-refractivity contribution >= 4 is 31.9 Å². The molecule has 2 nitrogen and oxygen atoms in total. The van der Waals surface area contributed by atoms with E-state index in [4.69, 9.17) is 9.47 Å². The van der Waals surface area contributed by atoms with Crippen LogP contribution in [-0.2, 0) is 0 Å². The molecule has 2 heterocycles. The predicted octanol–water partition coefficient (Wildman–Crippen LogP) is 6.26. The summed E-state index contributed by atoms with van der Waals surface area (Å²) in [4.78, 5) is 0. The molecule has 0 fully saturated rings. The molecule has 0 radical (unpaired) electrons. The maximum atomic E-state index is 5.98. The molecule has 126 valence electrons. The lowest BCUT2D eigenvalue weighted by molar-refractivity contribution is 0.216. The smallest absolute Gasteiger partial charge is 0.136 e. The van der Waals surface area contributed by atoms with Crippen LogP contribution in [0.1, 0.15) is 46.9 Å². The number of aryl methyl sites for hydroxylation is 2. The molecule has 0 saturated carbocycles. The van der Waals surface area contributed by atoms with Gasteiger partial charge in [0, 0.05) is 0 Å². The summed E-state index contributed by atoms with van der Waals surface area (Å²) in [5.41, 5.74) is 5.22. The molecule has 4 rings (SSSR count). The first-order chi connectivity index (χ1) is 11.5. The molecule has 2 aliphatic heterocycles. The molecule has 0 amide bonds. The van der Waals surface area contributed by atoms with Crippen molar-refractivity contribution in [3.63, 3.8) is 0 Å². The number of benzene rings is 2. The van der Waals surface area contributed by atoms with Crippen molar-refractivity contribution in [2.45, 2.75) is 38.5 Å². The molecule has 0 bridgehead atoms. The van der Waals surface area contributed by atoms with Gasteiger partial charge in [0.05, 0.1) is 22.2 Å². The number of ether oxygens (including phenoxy) is 2. The van der Waals surface area contributed by atoms with Crippen LogP contribution in [0.3, 0.4) is 0 Å². The summed E-state index contributed by atoms with van der Waals surface area (Å²) in [5, 5.41) is 0. The quantitative estimate of drug-likeness (QED) is 0.509. The highest BCUT2D eigenvalue weighted by molar-refractivity contribution is 9.10. The lowest BCUT2D eigenvalue weighted by Crippen LogP contribution is -2.25. The first-order valence-electron chi connectivity index (χ1n) is 8.40. The number of fused-ring (bicyclic) bond motifs is 2. The van der Waals surface area contributed by atoms with E-state index < -0.39 is 0 Å². The van der Waals surface area contributed by atoms with E-state index in [0.29, 0.717) is 11.8 Å². The van der Waals surface area contributed by atoms with Crippen LogP contribution in [-0.4, -0.2) is 13.2 Å². The van der Waals surface area contributed by atoms with Gasteiger partial charge in [-0.25, -0.2) is 0 Å². The zero-order valence-corrected chi connectivity index (χ0v) is 17.0. The average molecular weight is 452 g/mol. The van der Waals surface area contributed by atoms with Crippen LogP contribution in [0.2, 0.25) is 0 Å². The second-order valence-electron chi connectivity index (χ2n) is 6.82. The number of halogens is 2. The predicted molar refractivity (Wildman–Crippen MR) is 103 cm³/mol. The SMILES string of the molecule is Cc1cc(Br)c2c(c1)C(C1CCOc3c(Br)cc(C)cc31)CCO2. The fourth-order valence-corrected chi connectivity index (χ4v) is 5.50. The Balaban J connectivity index is 1.83. The van der Waals surface area contributed by atoms with Crippen molar-refractivity contribution in [2.24, 2.45) is 0 Å². The topological polar surface area (TPSA) is 18.5 Å². The van der Waals surface area contributed by atoms with E-state index in [0.717, 1.165) is 46.5 Å². The lowest BCUT2D eigenvalue weighted by atomic mass is 9.75. The highest BCUT2D eigenvalue weighted by Gasteiger charge is 2.35. The second-order valence-corrected chi connectivity index (χ2v) is 8.53. The molecule has 0 aromatic heterocycles. The normalized spacial score (nSPS) is 22.2. The summed E-state index contributed by atoms with van der Waals surface area (Å²) in [6.45, 7) is 5.85. The van der Waals surface area contributed by atoms with Crippen molar-refractivity contribution in [2.75, 3.05) is 13.2 Å². The van der Waals surface area contributed by atoms with Crippen molar-refractivity contribution in [1.29, 1.82) is 0 Å². The molecule has 0 N–H and O–H groups in total. The molecule has 2 unspecified atom stereocenters. The molecule has 2 atom stereocenters. The first-order valence-corrected chi connectivity index (χ1v) is 9.99. The minimum absolute atomic E-state index is 0.473. The Hall–Kier alpha value is -1.00. The largest absolute Gasteiger partial charge is 0.492 e. The Morgan fingerprint density at radius 1 is 0.750 bits per heavy atom. The third kappa shape index (κ3) is 2.78. The highest BCUT2D eigenvalue weighted by atomic mass is 79.9. The summed E-state index contributed by atoms with van der Waals surface area (Å²) >= 11 is 7.36. The van der Waals surface area contributed by atoms with Crippen LogP contribution in [0.25, 0.3) is 0 Å². The lowest BCUT2D eigenvalue weighted by Gasteiger charge is -2.36. The maximum Gasteiger partial charge on any atom is 0.136 e. The van der Waals surface area contributed by atoms with Gasteiger partial charge in [-0.1, -0.05) is 12.1 Å². The molecular formula is C20H20Br2O2. The Morgan fingerprint density at radius 2 is 1.17 bits per heavy atom. The Kier molecular flexibility index (Phi) is 4.38. The Morgan fingerprint density at radius 3 is 1.58 bits per heavy atom. The van der Waals surface area contributed by atoms with Crippen molar-refractivity contribution in [3.8, 4) is 11.5 Å². The summed E-state index contributed by atoms with van der Waals surface area (Å²) in [5.74, 6) is 3.00. The zero-order valence-electron chi connectivity index (χ0n) is 13.9. The van der Waals surface area contributed by atoms with Gasteiger partial charge in [0.15, 0.2) is 0 Å². The standard InChI is InChI=1S/C20H20Br2O2/c1-11-7-15-13(3-5-23-19(15)17(21)9-11)14-4-6-24-20-16(14)8-12(2)10-18(20)22/h7-10,13-14H,3-6H2,1-2H3. The van der Waals surface area contributed by atoms with Gasteiger partial charge in [-0.15, -0.1) is 0 Å². The number of hydrogen-bond acceptors (Lipinski definition) is 2. The van der Waals surface area contributed by atoms with Gasteiger partial charge in [0.1, 0.15) is 11.5 Å². The molecule has 24 heavy (non-hydrogen) atoms. The van der Waals surface area contributed by atoms with Gasteiger partial charge in [-0.3, -0.25) is 0 Å². The number of hydrogen-bond donors (Lipinski definition) is 0. The number of rotatable bonds is 1. The molecule has 2 aromatic carbocycles. The summed E-state index contributed by atoms with van der Waals surface area (Å²) in [7, 11) is 0. The van der Waals surface area contributed by atoms with Crippen molar-refractivity contribution < 1.29 is 9.47 Å². The van der Waals surface area contributed by atoms with Gasteiger partial charge in [-0.05, 0) is 105 Å². The van der Waals surface area contributed by atoms with E-state index in [2.05, 4.69) is 70.0 Å². The minimum Gasteiger partial charge on any atom is -0.492 e. The summed E-state index contributed by atoms with van der Waals surface area (Å²) in [6, 6.07) is 8.87.